The van der Waals surface area contributed by atoms with Crippen molar-refractivity contribution < 1.29 is 0 Å². The molecule has 0 aliphatic rings. The third-order valence-corrected chi connectivity index (χ3v) is 3.68. The minimum atomic E-state index is -0.139. The van der Waals surface area contributed by atoms with Crippen molar-refractivity contribution in [3.63, 3.8) is 0 Å². The largest absolute Gasteiger partial charge is 0.395 e. The molecule has 0 aromatic heterocycles. The summed E-state index contributed by atoms with van der Waals surface area (Å²) < 4.78 is 0. The van der Waals surface area contributed by atoms with Crippen LogP contribution in [-0.2, 0) is 0 Å². The lowest BCUT2D eigenvalue weighted by Crippen LogP contribution is -2.69. The minimum absolute atomic E-state index is 0.0165. The summed E-state index contributed by atoms with van der Waals surface area (Å²) in [5.74, 6) is 0. The Labute approximate surface area is 120 Å². The van der Waals surface area contributed by atoms with Gasteiger partial charge in [0.1, 0.15) is 0 Å². The van der Waals surface area contributed by atoms with Gasteiger partial charge < -0.3 is 15.7 Å². The van der Waals surface area contributed by atoms with Crippen molar-refractivity contribution in [2.24, 2.45) is 5.64 Å². The van der Waals surface area contributed by atoms with Crippen molar-refractivity contribution in [3.8, 4) is 0 Å². The van der Waals surface area contributed by atoms with Crippen LogP contribution in [0.2, 0.25) is 0 Å². The summed E-state index contributed by atoms with van der Waals surface area (Å²) in [5.41, 5.74) is 6.28. The molecule has 0 radical (unpaired) electrons. The van der Waals surface area contributed by atoms with Gasteiger partial charge in [-0.3, -0.25) is 0 Å². The van der Waals surface area contributed by atoms with Crippen molar-refractivity contribution in [3.05, 3.63) is 0 Å². The number of nitrogens with two attached hydrogens (primary N) is 1. The van der Waals surface area contributed by atoms with Crippen molar-refractivity contribution >= 4 is 7.12 Å². The zero-order valence-electron chi connectivity index (χ0n) is 14.4. The molecule has 3 N–H and O–H groups in total. The van der Waals surface area contributed by atoms with Crippen LogP contribution in [0.3, 0.4) is 0 Å². The van der Waals surface area contributed by atoms with Crippen LogP contribution in [0.25, 0.3) is 0 Å². The van der Waals surface area contributed by atoms with Gasteiger partial charge in [0.15, 0.2) is 0 Å². The maximum absolute atomic E-state index is 6.25. The molecule has 5 nitrogen and oxygen atoms in total. The van der Waals surface area contributed by atoms with Crippen LogP contribution in [0, 0.1) is 0 Å². The van der Waals surface area contributed by atoms with Crippen LogP contribution in [-0.4, -0.2) is 67.8 Å². The number of hydrogen-bond acceptors (Lipinski definition) is 5. The van der Waals surface area contributed by atoms with Gasteiger partial charge in [0.25, 0.3) is 0 Å². The van der Waals surface area contributed by atoms with E-state index in [9.17, 15) is 0 Å². The predicted molar refractivity (Wildman–Crippen MR) is 85.6 cm³/mol. The molecule has 0 fully saturated rings. The smallest absolute Gasteiger partial charge is 0.341 e. The first kappa shape index (κ1) is 18.9. The Hall–Kier alpha value is -0.135. The van der Waals surface area contributed by atoms with E-state index in [1.807, 2.05) is 7.05 Å². The number of hydrazine groups is 1. The summed E-state index contributed by atoms with van der Waals surface area (Å²) in [6.07, 6.45) is 1.05. The van der Waals surface area contributed by atoms with E-state index in [1.165, 1.54) is 0 Å². The second kappa shape index (κ2) is 7.04. The maximum atomic E-state index is 6.25. The average Bonchev–Trinajstić information content (AvgIpc) is 2.23. The second-order valence-electron chi connectivity index (χ2n) is 7.07. The monoisotopic (exact) mass is 271 g/mol. The average molecular weight is 271 g/mol. The predicted octanol–water partition coefficient (Wildman–Crippen LogP) is 0.827. The zero-order valence-corrected chi connectivity index (χ0v) is 14.4. The molecule has 0 aliphatic heterocycles. The fraction of sp³-hybridized carbons (Fsp3) is 1.00. The van der Waals surface area contributed by atoms with Gasteiger partial charge in [-0.2, -0.15) is 0 Å². The summed E-state index contributed by atoms with van der Waals surface area (Å²) in [7, 11) is 8.00. The van der Waals surface area contributed by atoms with Gasteiger partial charge in [-0.25, -0.2) is 10.0 Å². The van der Waals surface area contributed by atoms with Crippen LogP contribution < -0.4 is 10.9 Å². The first-order chi connectivity index (χ1) is 8.43. The van der Waals surface area contributed by atoms with E-state index in [1.54, 1.807) is 0 Å². The molecular formula is C13H34BN5. The Morgan fingerprint density at radius 3 is 1.84 bits per heavy atom. The molecule has 0 saturated heterocycles. The Balaban J connectivity index is 4.89. The van der Waals surface area contributed by atoms with E-state index < -0.39 is 0 Å². The first-order valence-corrected chi connectivity index (χ1v) is 7.04. The highest BCUT2D eigenvalue weighted by molar-refractivity contribution is 6.49. The van der Waals surface area contributed by atoms with Crippen LogP contribution >= 0.6 is 0 Å². The lowest BCUT2D eigenvalue weighted by Gasteiger charge is -2.49. The Morgan fingerprint density at radius 1 is 1.05 bits per heavy atom. The lowest BCUT2D eigenvalue weighted by atomic mass is 9.77. The lowest BCUT2D eigenvalue weighted by molar-refractivity contribution is 0.0283. The van der Waals surface area contributed by atoms with Crippen LogP contribution in [0.4, 0.5) is 0 Å². The zero-order chi connectivity index (χ0) is 15.4. The second-order valence-corrected chi connectivity index (χ2v) is 7.07. The number of nitrogens with one attached hydrogen (secondary N) is 1. The summed E-state index contributed by atoms with van der Waals surface area (Å²) in [6, 6.07) is 0. The molecule has 0 aromatic rings. The van der Waals surface area contributed by atoms with Gasteiger partial charge in [0.05, 0.1) is 0 Å². The summed E-state index contributed by atoms with van der Waals surface area (Å²) >= 11 is 0. The molecule has 0 atom stereocenters. The molecule has 0 unspecified atom stereocenters. The number of rotatable bonds is 7. The number of hydrogen-bond donors (Lipinski definition) is 2. The topological polar surface area (TPSA) is 47.8 Å². The van der Waals surface area contributed by atoms with Crippen LogP contribution in [0.15, 0.2) is 0 Å². The maximum Gasteiger partial charge on any atom is 0.395 e. The summed E-state index contributed by atoms with van der Waals surface area (Å²) in [5, 5.41) is 7.49. The van der Waals surface area contributed by atoms with Crippen molar-refractivity contribution in [1.82, 2.24) is 20.1 Å². The number of nitrogens with zero attached hydrogens (tertiary/aromatic N) is 3. The van der Waals surface area contributed by atoms with Gasteiger partial charge in [-0.1, -0.05) is 0 Å². The fourth-order valence-electron chi connectivity index (χ4n) is 2.59. The molecule has 0 bridgehead atoms. The molecule has 0 heterocycles. The highest BCUT2D eigenvalue weighted by atomic mass is 15.6. The van der Waals surface area contributed by atoms with E-state index in [4.69, 9.17) is 5.64 Å². The van der Waals surface area contributed by atoms with Gasteiger partial charge in [-0.15, -0.1) is 0 Å². The third-order valence-electron chi connectivity index (χ3n) is 3.68. The Morgan fingerprint density at radius 2 is 1.53 bits per heavy atom. The SMILES string of the molecule is CNB(N)N(C(C)(C)C)C(C)(C)CCN(C)N(C)C. The van der Waals surface area contributed by atoms with Crippen molar-refractivity contribution in [2.45, 2.75) is 52.1 Å². The standard InChI is InChI=1S/C13H34BN5/c1-12(2,3)19(14(15)16-6)13(4,5)10-11-18(9)17(7)8/h16H,10-11,15H2,1-9H3. The molecule has 0 aromatic carbocycles. The molecule has 19 heavy (non-hydrogen) atoms. The van der Waals surface area contributed by atoms with Gasteiger partial charge in [-0.05, 0) is 48.1 Å². The molecule has 114 valence electrons. The fourth-order valence-corrected chi connectivity index (χ4v) is 2.59. The molecular weight excluding hydrogens is 237 g/mol. The van der Waals surface area contributed by atoms with Gasteiger partial charge >= 0.3 is 7.12 Å². The summed E-state index contributed by atoms with van der Waals surface area (Å²) in [4.78, 5) is 2.35. The van der Waals surface area contributed by atoms with E-state index in [-0.39, 0.29) is 18.2 Å². The van der Waals surface area contributed by atoms with Crippen molar-refractivity contribution in [1.29, 1.82) is 0 Å². The Kier molecular flexibility index (Phi) is 6.99. The van der Waals surface area contributed by atoms with E-state index >= 15 is 0 Å². The highest BCUT2D eigenvalue weighted by Crippen LogP contribution is 2.27. The van der Waals surface area contributed by atoms with Crippen LogP contribution in [0.5, 0.6) is 0 Å². The van der Waals surface area contributed by atoms with Crippen LogP contribution in [0.1, 0.15) is 41.0 Å². The van der Waals surface area contributed by atoms with Gasteiger partial charge in [0, 0.05) is 38.8 Å². The molecule has 0 spiro atoms. The first-order valence-electron chi connectivity index (χ1n) is 7.04. The Bertz CT molecular complexity index is 262. The van der Waals surface area contributed by atoms with Crippen molar-refractivity contribution in [2.75, 3.05) is 34.7 Å². The minimum Gasteiger partial charge on any atom is -0.341 e. The normalized spacial score (nSPS) is 13.7. The quantitative estimate of drug-likeness (QED) is 0.530. The van der Waals surface area contributed by atoms with Gasteiger partial charge in [0.2, 0.25) is 0 Å². The molecule has 6 heteroatoms. The highest BCUT2D eigenvalue weighted by Gasteiger charge is 2.40. The molecule has 0 saturated carbocycles. The molecule has 0 amide bonds. The molecule has 0 rings (SSSR count). The summed E-state index contributed by atoms with van der Waals surface area (Å²) in [6.45, 7) is 12.2. The third kappa shape index (κ3) is 5.79. The van der Waals surface area contributed by atoms with E-state index in [0.29, 0.717) is 0 Å². The van der Waals surface area contributed by atoms with E-state index in [2.05, 4.69) is 75.8 Å². The van der Waals surface area contributed by atoms with E-state index in [0.717, 1.165) is 13.0 Å². The molecule has 0 aliphatic carbocycles.